The van der Waals surface area contributed by atoms with Gasteiger partial charge in [0.2, 0.25) is 10.0 Å². The van der Waals surface area contributed by atoms with E-state index in [-0.39, 0.29) is 0 Å². The van der Waals surface area contributed by atoms with Crippen LogP contribution in [0.2, 0.25) is 0 Å². The first-order chi connectivity index (χ1) is 13.4. The number of hydrogen-bond acceptors (Lipinski definition) is 6. The van der Waals surface area contributed by atoms with Crippen LogP contribution in [0.1, 0.15) is 30.5 Å². The lowest BCUT2D eigenvalue weighted by molar-refractivity contribution is 0.317. The Balaban J connectivity index is 2.09. The van der Waals surface area contributed by atoms with Gasteiger partial charge in [0.25, 0.3) is 0 Å². The SMILES string of the molecule is CCOc1ccccc1[C@H]1CC(c2cc(OC)ccc2OC)=NN1S(C)(=O)=O. The Labute approximate surface area is 165 Å². The highest BCUT2D eigenvalue weighted by atomic mass is 32.2. The molecule has 0 aliphatic carbocycles. The highest BCUT2D eigenvalue weighted by Gasteiger charge is 2.37. The Bertz CT molecular complexity index is 988. The number of para-hydroxylation sites is 1. The van der Waals surface area contributed by atoms with Crippen molar-refractivity contribution in [1.82, 2.24) is 4.41 Å². The van der Waals surface area contributed by atoms with Crippen molar-refractivity contribution >= 4 is 15.7 Å². The number of benzene rings is 2. The molecule has 0 spiro atoms. The summed E-state index contributed by atoms with van der Waals surface area (Å²) in [5.41, 5.74) is 2.08. The Kier molecular flexibility index (Phi) is 5.79. The number of methoxy groups -OCH3 is 2. The molecule has 150 valence electrons. The van der Waals surface area contributed by atoms with Crippen LogP contribution in [-0.2, 0) is 10.0 Å². The van der Waals surface area contributed by atoms with Gasteiger partial charge in [0, 0.05) is 17.5 Å². The van der Waals surface area contributed by atoms with Crippen LogP contribution in [0.15, 0.2) is 47.6 Å². The van der Waals surface area contributed by atoms with Gasteiger partial charge in [0.1, 0.15) is 17.2 Å². The molecule has 1 aliphatic heterocycles. The zero-order valence-corrected chi connectivity index (χ0v) is 17.2. The van der Waals surface area contributed by atoms with Crippen LogP contribution in [0.3, 0.4) is 0 Å². The van der Waals surface area contributed by atoms with Gasteiger partial charge in [0.05, 0.1) is 38.8 Å². The maximum atomic E-state index is 12.5. The Morgan fingerprint density at radius 1 is 1.11 bits per heavy atom. The van der Waals surface area contributed by atoms with Gasteiger partial charge in [-0.05, 0) is 31.2 Å². The lowest BCUT2D eigenvalue weighted by Gasteiger charge is -2.23. The molecule has 1 atom stereocenters. The predicted octanol–water partition coefficient (Wildman–Crippen LogP) is 3.21. The number of nitrogens with zero attached hydrogens (tertiary/aromatic N) is 2. The quantitative estimate of drug-likeness (QED) is 0.708. The van der Waals surface area contributed by atoms with Gasteiger partial charge in [-0.25, -0.2) is 8.42 Å². The summed E-state index contributed by atoms with van der Waals surface area (Å²) in [5, 5.41) is 4.44. The minimum Gasteiger partial charge on any atom is -0.497 e. The molecule has 0 amide bonds. The molecule has 3 rings (SSSR count). The third-order valence-corrected chi connectivity index (χ3v) is 5.52. The normalized spacial score (nSPS) is 16.6. The van der Waals surface area contributed by atoms with Gasteiger partial charge >= 0.3 is 0 Å². The molecule has 0 fully saturated rings. The zero-order valence-electron chi connectivity index (χ0n) is 16.4. The second-order valence-corrected chi connectivity index (χ2v) is 8.18. The van der Waals surface area contributed by atoms with Gasteiger partial charge in [-0.3, -0.25) is 0 Å². The summed E-state index contributed by atoms with van der Waals surface area (Å²) in [6.07, 6.45) is 1.54. The fourth-order valence-corrected chi connectivity index (χ4v) is 4.17. The van der Waals surface area contributed by atoms with Crippen molar-refractivity contribution in [3.05, 3.63) is 53.6 Å². The lowest BCUT2D eigenvalue weighted by Crippen LogP contribution is -2.26. The van der Waals surface area contributed by atoms with E-state index in [0.717, 1.165) is 16.2 Å². The molecule has 2 aromatic rings. The molecular formula is C20H24N2O5S. The molecule has 0 bridgehead atoms. The average molecular weight is 404 g/mol. The Morgan fingerprint density at radius 2 is 1.86 bits per heavy atom. The second-order valence-electron chi connectivity index (χ2n) is 6.34. The first-order valence-electron chi connectivity index (χ1n) is 8.90. The fourth-order valence-electron chi connectivity index (χ4n) is 3.27. The lowest BCUT2D eigenvalue weighted by atomic mass is 9.97. The number of sulfonamides is 1. The van der Waals surface area contributed by atoms with E-state index in [1.165, 1.54) is 0 Å². The summed E-state index contributed by atoms with van der Waals surface area (Å²) in [6, 6.07) is 12.3. The molecule has 0 aromatic heterocycles. The fraction of sp³-hybridized carbons (Fsp3) is 0.350. The molecule has 0 N–H and O–H groups in total. The molecule has 8 heteroatoms. The second kappa shape index (κ2) is 8.10. The van der Waals surface area contributed by atoms with Crippen molar-refractivity contribution in [2.75, 3.05) is 27.1 Å². The van der Waals surface area contributed by atoms with Crippen LogP contribution < -0.4 is 14.2 Å². The van der Waals surface area contributed by atoms with Crippen molar-refractivity contribution in [2.24, 2.45) is 5.10 Å². The Hall–Kier alpha value is -2.74. The monoisotopic (exact) mass is 404 g/mol. The molecule has 0 radical (unpaired) electrons. The van der Waals surface area contributed by atoms with Gasteiger partial charge in [-0.2, -0.15) is 9.52 Å². The summed E-state index contributed by atoms with van der Waals surface area (Å²) in [5.74, 6) is 1.90. The number of ether oxygens (including phenoxy) is 3. The van der Waals surface area contributed by atoms with Crippen molar-refractivity contribution in [1.29, 1.82) is 0 Å². The van der Waals surface area contributed by atoms with Crippen LogP contribution in [0.25, 0.3) is 0 Å². The standard InChI is InChI=1S/C20H24N2O5S/c1-5-27-20-9-7-6-8-15(20)18-13-17(21-22(18)28(4,23)24)16-12-14(25-2)10-11-19(16)26-3/h6-12,18H,5,13H2,1-4H3/t18-/m1/s1. The Morgan fingerprint density at radius 3 is 2.50 bits per heavy atom. The van der Waals surface area contributed by atoms with E-state index in [1.54, 1.807) is 32.4 Å². The molecule has 0 saturated heterocycles. The van der Waals surface area contributed by atoms with Gasteiger partial charge in [-0.15, -0.1) is 0 Å². The van der Waals surface area contributed by atoms with Gasteiger partial charge < -0.3 is 14.2 Å². The van der Waals surface area contributed by atoms with Crippen molar-refractivity contribution in [3.8, 4) is 17.2 Å². The van der Waals surface area contributed by atoms with E-state index in [4.69, 9.17) is 14.2 Å². The van der Waals surface area contributed by atoms with E-state index in [0.29, 0.717) is 41.6 Å². The molecule has 28 heavy (non-hydrogen) atoms. The highest BCUT2D eigenvalue weighted by Crippen LogP contribution is 2.40. The van der Waals surface area contributed by atoms with Crippen molar-refractivity contribution in [3.63, 3.8) is 0 Å². The minimum atomic E-state index is -3.59. The van der Waals surface area contributed by atoms with Crippen LogP contribution in [0.4, 0.5) is 0 Å². The molecule has 1 aliphatic rings. The van der Waals surface area contributed by atoms with Gasteiger partial charge in [0.15, 0.2) is 0 Å². The molecule has 2 aromatic carbocycles. The predicted molar refractivity (Wildman–Crippen MR) is 108 cm³/mol. The first kappa shape index (κ1) is 20.0. The maximum absolute atomic E-state index is 12.5. The average Bonchev–Trinajstić information content (AvgIpc) is 3.14. The van der Waals surface area contributed by atoms with Crippen LogP contribution in [-0.4, -0.2) is 45.6 Å². The van der Waals surface area contributed by atoms with E-state index >= 15 is 0 Å². The van der Waals surface area contributed by atoms with E-state index in [1.807, 2.05) is 31.2 Å². The van der Waals surface area contributed by atoms with Crippen LogP contribution in [0, 0.1) is 0 Å². The van der Waals surface area contributed by atoms with Crippen molar-refractivity contribution in [2.45, 2.75) is 19.4 Å². The molecule has 0 saturated carbocycles. The molecule has 0 unspecified atom stereocenters. The third kappa shape index (κ3) is 3.91. The molecule has 7 nitrogen and oxygen atoms in total. The van der Waals surface area contributed by atoms with Gasteiger partial charge in [-0.1, -0.05) is 18.2 Å². The summed E-state index contributed by atoms with van der Waals surface area (Å²) in [7, 11) is -0.448. The van der Waals surface area contributed by atoms with E-state index < -0.39 is 16.1 Å². The van der Waals surface area contributed by atoms with E-state index in [2.05, 4.69) is 5.10 Å². The minimum absolute atomic E-state index is 0.390. The van der Waals surface area contributed by atoms with Crippen LogP contribution in [0.5, 0.6) is 17.2 Å². The number of hydrogen-bond donors (Lipinski definition) is 0. The van der Waals surface area contributed by atoms with E-state index in [9.17, 15) is 8.42 Å². The smallest absolute Gasteiger partial charge is 0.247 e. The molecule has 1 heterocycles. The number of hydrazone groups is 1. The maximum Gasteiger partial charge on any atom is 0.247 e. The summed E-state index contributed by atoms with van der Waals surface area (Å²) >= 11 is 0. The summed E-state index contributed by atoms with van der Waals surface area (Å²) in [4.78, 5) is 0. The summed E-state index contributed by atoms with van der Waals surface area (Å²) in [6.45, 7) is 2.38. The van der Waals surface area contributed by atoms with Crippen molar-refractivity contribution < 1.29 is 22.6 Å². The largest absolute Gasteiger partial charge is 0.497 e. The summed E-state index contributed by atoms with van der Waals surface area (Å²) < 4.78 is 42.6. The first-order valence-corrected chi connectivity index (χ1v) is 10.7. The van der Waals surface area contributed by atoms with Crippen LogP contribution >= 0.6 is 0 Å². The third-order valence-electron chi connectivity index (χ3n) is 4.51. The molecular weight excluding hydrogens is 380 g/mol. The highest BCUT2D eigenvalue weighted by molar-refractivity contribution is 7.88. The zero-order chi connectivity index (χ0) is 20.3. The topological polar surface area (TPSA) is 77.4 Å². The number of rotatable bonds is 7.